The highest BCUT2D eigenvalue weighted by Gasteiger charge is 2.15. The molecule has 4 aromatic rings. The van der Waals surface area contributed by atoms with Gasteiger partial charge in [-0.1, -0.05) is 41.7 Å². The summed E-state index contributed by atoms with van der Waals surface area (Å²) in [6.07, 6.45) is 1.11. The number of hydrogen-bond donors (Lipinski definition) is 0. The first-order chi connectivity index (χ1) is 15.7. The SMILES string of the molecule is COC(=O)Cn1c(=NC(=O)COc2ccc3ccccc3c2)sc2cc(S(C)(=O)=O)ccc21. The number of aromatic nitrogens is 1. The van der Waals surface area contributed by atoms with Gasteiger partial charge in [0.1, 0.15) is 12.3 Å². The third-order valence-corrected chi connectivity index (χ3v) is 7.05. The van der Waals surface area contributed by atoms with E-state index in [1.165, 1.54) is 23.8 Å². The van der Waals surface area contributed by atoms with Gasteiger partial charge in [-0.15, -0.1) is 0 Å². The lowest BCUT2D eigenvalue weighted by Gasteiger charge is -2.06. The van der Waals surface area contributed by atoms with Gasteiger partial charge in [-0.05, 0) is 41.1 Å². The molecule has 33 heavy (non-hydrogen) atoms. The van der Waals surface area contributed by atoms with Crippen LogP contribution in [-0.2, 0) is 30.7 Å². The summed E-state index contributed by atoms with van der Waals surface area (Å²) in [6, 6.07) is 17.9. The van der Waals surface area contributed by atoms with Crippen LogP contribution in [0.4, 0.5) is 0 Å². The molecule has 0 aliphatic rings. The van der Waals surface area contributed by atoms with Crippen molar-refractivity contribution in [2.24, 2.45) is 4.99 Å². The summed E-state index contributed by atoms with van der Waals surface area (Å²) in [5.74, 6) is -0.534. The molecular weight excluding hydrogens is 464 g/mol. The number of methoxy groups -OCH3 is 1. The van der Waals surface area contributed by atoms with Crippen LogP contribution in [0.25, 0.3) is 21.0 Å². The van der Waals surface area contributed by atoms with E-state index in [2.05, 4.69) is 4.99 Å². The number of rotatable bonds is 6. The predicted molar refractivity (Wildman–Crippen MR) is 125 cm³/mol. The van der Waals surface area contributed by atoms with Gasteiger partial charge in [0.2, 0.25) is 0 Å². The Labute approximate surface area is 193 Å². The number of esters is 1. The molecule has 0 unspecified atom stereocenters. The summed E-state index contributed by atoms with van der Waals surface area (Å²) < 4.78 is 36.3. The standard InChI is InChI=1S/C23H20N2O6S2/c1-30-22(27)13-25-19-10-9-18(33(2,28)29)12-20(19)32-23(25)24-21(26)14-31-17-8-7-15-5-3-4-6-16(15)11-17/h3-12H,13-14H2,1-2H3. The normalized spacial score (nSPS) is 12.2. The molecule has 0 aliphatic heterocycles. The Bertz CT molecular complexity index is 1550. The topological polar surface area (TPSA) is 104 Å². The highest BCUT2D eigenvalue weighted by atomic mass is 32.2. The van der Waals surface area contributed by atoms with E-state index in [1.54, 1.807) is 12.1 Å². The van der Waals surface area contributed by atoms with E-state index in [9.17, 15) is 18.0 Å². The number of carbonyl (C=O) groups excluding carboxylic acids is 2. The molecule has 8 nitrogen and oxygen atoms in total. The molecule has 1 amide bonds. The second kappa shape index (κ2) is 9.16. The Hall–Kier alpha value is -3.50. The van der Waals surface area contributed by atoms with E-state index in [4.69, 9.17) is 9.47 Å². The number of benzene rings is 3. The van der Waals surface area contributed by atoms with Crippen LogP contribution in [0.1, 0.15) is 0 Å². The number of carbonyl (C=O) groups is 2. The van der Waals surface area contributed by atoms with Crippen molar-refractivity contribution in [2.45, 2.75) is 11.4 Å². The number of sulfone groups is 1. The van der Waals surface area contributed by atoms with Crippen LogP contribution in [0.15, 0.2) is 70.6 Å². The second-order valence-electron chi connectivity index (χ2n) is 7.25. The minimum Gasteiger partial charge on any atom is -0.484 e. The maximum Gasteiger partial charge on any atom is 0.325 e. The van der Waals surface area contributed by atoms with Crippen molar-refractivity contribution in [3.05, 3.63) is 65.5 Å². The number of nitrogens with zero attached hydrogens (tertiary/aromatic N) is 2. The summed E-state index contributed by atoms with van der Waals surface area (Å²) >= 11 is 1.11. The van der Waals surface area contributed by atoms with E-state index >= 15 is 0 Å². The molecule has 0 radical (unpaired) electrons. The molecule has 0 aliphatic carbocycles. The Morgan fingerprint density at radius 1 is 1.03 bits per heavy atom. The zero-order valence-electron chi connectivity index (χ0n) is 17.8. The molecule has 0 N–H and O–H groups in total. The first-order valence-electron chi connectivity index (χ1n) is 9.84. The van der Waals surface area contributed by atoms with Crippen LogP contribution < -0.4 is 9.54 Å². The van der Waals surface area contributed by atoms with Crippen LogP contribution in [0.5, 0.6) is 5.75 Å². The number of amides is 1. The lowest BCUT2D eigenvalue weighted by atomic mass is 10.1. The van der Waals surface area contributed by atoms with Crippen LogP contribution in [0.2, 0.25) is 0 Å². The molecule has 170 valence electrons. The lowest BCUT2D eigenvalue weighted by Crippen LogP contribution is -2.23. The van der Waals surface area contributed by atoms with Gasteiger partial charge in [0.25, 0.3) is 5.91 Å². The van der Waals surface area contributed by atoms with E-state index in [0.717, 1.165) is 28.4 Å². The molecule has 0 saturated carbocycles. The molecular formula is C23H20N2O6S2. The molecule has 1 heterocycles. The molecule has 0 bridgehead atoms. The Morgan fingerprint density at radius 3 is 2.52 bits per heavy atom. The zero-order chi connectivity index (χ0) is 23.6. The lowest BCUT2D eigenvalue weighted by molar-refractivity contribution is -0.141. The number of hydrogen-bond acceptors (Lipinski definition) is 7. The van der Waals surface area contributed by atoms with E-state index in [0.29, 0.717) is 16.0 Å². The fourth-order valence-corrected chi connectivity index (χ4v) is 5.06. The van der Waals surface area contributed by atoms with E-state index in [-0.39, 0.29) is 22.8 Å². The van der Waals surface area contributed by atoms with Crippen LogP contribution in [0.3, 0.4) is 0 Å². The molecule has 0 spiro atoms. The molecule has 0 atom stereocenters. The molecule has 4 rings (SSSR count). The van der Waals surface area contributed by atoms with Gasteiger partial charge in [-0.2, -0.15) is 4.99 Å². The van der Waals surface area contributed by atoms with Gasteiger partial charge in [0.15, 0.2) is 21.2 Å². The monoisotopic (exact) mass is 484 g/mol. The zero-order valence-corrected chi connectivity index (χ0v) is 19.5. The summed E-state index contributed by atoms with van der Waals surface area (Å²) in [5.41, 5.74) is 0.569. The van der Waals surface area contributed by atoms with Gasteiger partial charge < -0.3 is 14.0 Å². The molecule has 3 aromatic carbocycles. The highest BCUT2D eigenvalue weighted by molar-refractivity contribution is 7.90. The maximum atomic E-state index is 12.5. The average molecular weight is 485 g/mol. The fraction of sp³-hybridized carbons (Fsp3) is 0.174. The van der Waals surface area contributed by atoms with Gasteiger partial charge >= 0.3 is 5.97 Å². The Kier molecular flexibility index (Phi) is 6.30. The summed E-state index contributed by atoms with van der Waals surface area (Å²) in [6.45, 7) is -0.467. The largest absolute Gasteiger partial charge is 0.484 e. The van der Waals surface area contributed by atoms with Crippen molar-refractivity contribution >= 4 is 54.0 Å². The first-order valence-corrected chi connectivity index (χ1v) is 12.5. The highest BCUT2D eigenvalue weighted by Crippen LogP contribution is 2.23. The smallest absolute Gasteiger partial charge is 0.325 e. The minimum atomic E-state index is -3.42. The number of fused-ring (bicyclic) bond motifs is 2. The molecule has 10 heteroatoms. The van der Waals surface area contributed by atoms with Gasteiger partial charge in [-0.3, -0.25) is 9.59 Å². The Morgan fingerprint density at radius 2 is 1.79 bits per heavy atom. The number of ether oxygens (including phenoxy) is 2. The molecule has 0 saturated heterocycles. The third kappa shape index (κ3) is 5.12. The quantitative estimate of drug-likeness (QED) is 0.390. The van der Waals surface area contributed by atoms with Crippen LogP contribution in [-0.4, -0.2) is 44.8 Å². The van der Waals surface area contributed by atoms with Crippen molar-refractivity contribution in [2.75, 3.05) is 20.0 Å². The van der Waals surface area contributed by atoms with Crippen LogP contribution >= 0.6 is 11.3 Å². The minimum absolute atomic E-state index is 0.138. The van der Waals surface area contributed by atoms with E-state index < -0.39 is 21.7 Å². The van der Waals surface area contributed by atoms with Crippen molar-refractivity contribution in [3.8, 4) is 5.75 Å². The summed E-state index contributed by atoms with van der Waals surface area (Å²) in [5, 5.41) is 2.05. The van der Waals surface area contributed by atoms with Crippen LogP contribution in [0, 0.1) is 0 Å². The Balaban J connectivity index is 1.65. The van der Waals surface area contributed by atoms with E-state index in [1.807, 2.05) is 36.4 Å². The third-order valence-electron chi connectivity index (χ3n) is 4.90. The molecule has 0 fully saturated rings. The van der Waals surface area contributed by atoms with Crippen molar-refractivity contribution in [3.63, 3.8) is 0 Å². The second-order valence-corrected chi connectivity index (χ2v) is 10.3. The average Bonchev–Trinajstić information content (AvgIpc) is 3.12. The van der Waals surface area contributed by atoms with Crippen molar-refractivity contribution < 1.29 is 27.5 Å². The van der Waals surface area contributed by atoms with Gasteiger partial charge in [-0.25, -0.2) is 8.42 Å². The van der Waals surface area contributed by atoms with Gasteiger partial charge in [0, 0.05) is 6.26 Å². The molecule has 1 aromatic heterocycles. The predicted octanol–water partition coefficient (Wildman–Crippen LogP) is 2.94. The fourth-order valence-electron chi connectivity index (χ4n) is 3.26. The first kappa shape index (κ1) is 22.7. The summed E-state index contributed by atoms with van der Waals surface area (Å²) in [4.78, 5) is 29.0. The maximum absolute atomic E-state index is 12.5. The summed E-state index contributed by atoms with van der Waals surface area (Å²) in [7, 11) is -2.15. The number of thiazole rings is 1. The van der Waals surface area contributed by atoms with Crippen molar-refractivity contribution in [1.82, 2.24) is 4.57 Å². The van der Waals surface area contributed by atoms with Gasteiger partial charge in [0.05, 0.1) is 22.2 Å². The van der Waals surface area contributed by atoms with Crippen molar-refractivity contribution in [1.29, 1.82) is 0 Å².